The van der Waals surface area contributed by atoms with Crippen LogP contribution in [0.2, 0.25) is 0 Å². The first kappa shape index (κ1) is 28.2. The van der Waals surface area contributed by atoms with E-state index in [-0.39, 0.29) is 23.7 Å². The molecule has 4 aromatic carbocycles. The molecule has 0 saturated carbocycles. The van der Waals surface area contributed by atoms with Gasteiger partial charge in [-0.3, -0.25) is 0 Å². The van der Waals surface area contributed by atoms with Gasteiger partial charge in [-0.05, 0) is 69.8 Å². The minimum absolute atomic E-state index is 0.00955. The van der Waals surface area contributed by atoms with Crippen molar-refractivity contribution in [2.24, 2.45) is 0 Å². The van der Waals surface area contributed by atoms with Gasteiger partial charge < -0.3 is 19.9 Å². The van der Waals surface area contributed by atoms with Crippen molar-refractivity contribution in [2.75, 3.05) is 0 Å². The molecule has 0 fully saturated rings. The highest BCUT2D eigenvalue weighted by molar-refractivity contribution is 5.50. The van der Waals surface area contributed by atoms with E-state index in [1.54, 1.807) is 0 Å². The van der Waals surface area contributed by atoms with Gasteiger partial charge in [-0.25, -0.2) is 0 Å². The fourth-order valence-electron chi connectivity index (χ4n) is 7.80. The van der Waals surface area contributed by atoms with Gasteiger partial charge >= 0.3 is 0 Å². The Balaban J connectivity index is 1.30. The molecule has 0 saturated heterocycles. The zero-order valence-electron chi connectivity index (χ0n) is 26.5. The molecule has 0 spiro atoms. The minimum Gasteiger partial charge on any atom is -0.364 e. The van der Waals surface area contributed by atoms with E-state index < -0.39 is 0 Å². The Hall–Kier alpha value is -6.00. The first-order chi connectivity index (χ1) is 23.8. The number of aromatic nitrogens is 4. The van der Waals surface area contributed by atoms with Crippen molar-refractivity contribution >= 4 is 0 Å². The monoisotopic (exact) mass is 620 g/mol. The van der Waals surface area contributed by atoms with Crippen molar-refractivity contribution in [1.29, 1.82) is 0 Å². The van der Waals surface area contributed by atoms with Crippen LogP contribution in [0.5, 0.6) is 0 Å². The van der Waals surface area contributed by atoms with Crippen LogP contribution in [-0.4, -0.2) is 19.9 Å². The second kappa shape index (κ2) is 12.0. The summed E-state index contributed by atoms with van der Waals surface area (Å²) in [4.78, 5) is 15.3. The van der Waals surface area contributed by atoms with Crippen LogP contribution in [0.1, 0.15) is 91.2 Å². The fourth-order valence-corrected chi connectivity index (χ4v) is 7.80. The molecule has 232 valence electrons. The van der Waals surface area contributed by atoms with Gasteiger partial charge in [-0.2, -0.15) is 0 Å². The molecule has 4 aromatic heterocycles. The SMILES string of the molecule is c1ccc(C2c3c[nH]c(c3)C(c3ccccc3)c3ccc([nH]3)C(c3ccccc3)c3cc(c[nH]3)C(c3ccccc3)c3ccc2[nH]3)cc1. The van der Waals surface area contributed by atoms with Crippen molar-refractivity contribution in [3.8, 4) is 0 Å². The number of hydrogen-bond acceptors (Lipinski definition) is 0. The summed E-state index contributed by atoms with van der Waals surface area (Å²) in [5.41, 5.74) is 14.4. The smallest absolute Gasteiger partial charge is 0.0641 e. The Morgan fingerprint density at radius 1 is 0.271 bits per heavy atom. The van der Waals surface area contributed by atoms with E-state index in [0.717, 1.165) is 22.8 Å². The molecule has 4 atom stereocenters. The molecule has 0 radical (unpaired) electrons. The first-order valence-electron chi connectivity index (χ1n) is 16.7. The maximum atomic E-state index is 3.94. The molecule has 0 aliphatic carbocycles. The maximum absolute atomic E-state index is 3.94. The lowest BCUT2D eigenvalue weighted by Gasteiger charge is -2.19. The lowest BCUT2D eigenvalue weighted by molar-refractivity contribution is 0.850. The molecule has 8 aromatic rings. The number of H-pyrrole nitrogens is 4. The molecule has 9 rings (SSSR count). The Bertz CT molecular complexity index is 1850. The third-order valence-corrected chi connectivity index (χ3v) is 9.98. The number of nitrogens with one attached hydrogen (secondary N) is 4. The maximum Gasteiger partial charge on any atom is 0.0641 e. The third-order valence-electron chi connectivity index (χ3n) is 9.98. The van der Waals surface area contributed by atoms with Crippen molar-refractivity contribution in [3.63, 3.8) is 0 Å². The van der Waals surface area contributed by atoms with Crippen LogP contribution in [0.25, 0.3) is 0 Å². The van der Waals surface area contributed by atoms with Crippen molar-refractivity contribution in [3.05, 3.63) is 238 Å². The molecule has 4 unspecified atom stereocenters. The van der Waals surface area contributed by atoms with E-state index in [0.29, 0.717) is 0 Å². The summed E-state index contributed by atoms with van der Waals surface area (Å²) in [5.74, 6) is 0.0916. The molecule has 8 bridgehead atoms. The normalized spacial score (nSPS) is 18.8. The van der Waals surface area contributed by atoms with E-state index >= 15 is 0 Å². The van der Waals surface area contributed by atoms with Crippen LogP contribution in [-0.2, 0) is 0 Å². The van der Waals surface area contributed by atoms with Crippen LogP contribution in [0.4, 0.5) is 0 Å². The predicted octanol–water partition coefficient (Wildman–Crippen LogP) is 10.0. The fraction of sp³-hybridized carbons (Fsp3) is 0.0909. The topological polar surface area (TPSA) is 63.2 Å². The van der Waals surface area contributed by atoms with Gasteiger partial charge in [-0.1, -0.05) is 121 Å². The summed E-state index contributed by atoms with van der Waals surface area (Å²) in [6.45, 7) is 0. The average molecular weight is 621 g/mol. The highest BCUT2D eigenvalue weighted by atomic mass is 14.8. The molecule has 1 aliphatic rings. The van der Waals surface area contributed by atoms with E-state index in [2.05, 4.69) is 190 Å². The molecule has 1 aliphatic heterocycles. The number of hydrogen-bond donors (Lipinski definition) is 4. The highest BCUT2D eigenvalue weighted by Crippen LogP contribution is 2.41. The van der Waals surface area contributed by atoms with E-state index in [4.69, 9.17) is 0 Å². The highest BCUT2D eigenvalue weighted by Gasteiger charge is 2.29. The van der Waals surface area contributed by atoms with Crippen LogP contribution in [0, 0.1) is 0 Å². The Kier molecular flexibility index (Phi) is 7.05. The molecule has 4 nitrogen and oxygen atoms in total. The molecular weight excluding hydrogens is 585 g/mol. The second-order valence-corrected chi connectivity index (χ2v) is 12.9. The number of rotatable bonds is 4. The lowest BCUT2D eigenvalue weighted by Crippen LogP contribution is -2.08. The molecular formula is C44H36N4. The largest absolute Gasteiger partial charge is 0.364 e. The standard InChI is InChI=1S/C44H36N4/c1-5-13-29(14-6-1)41-33-25-39(45-27-33)43(31-17-9-3-10-18-31)37-23-24-38(48-37)44(32-19-11-4-12-20-32)40-26-34(28-46-40)42(30-15-7-2-8-16-30)36-22-21-35(41)47-36/h1-28,41-48H. The van der Waals surface area contributed by atoms with Gasteiger partial charge in [0.2, 0.25) is 0 Å². The van der Waals surface area contributed by atoms with Crippen molar-refractivity contribution < 1.29 is 0 Å². The Morgan fingerprint density at radius 2 is 0.562 bits per heavy atom. The molecule has 4 heteroatoms. The number of benzene rings is 4. The van der Waals surface area contributed by atoms with Crippen molar-refractivity contribution in [2.45, 2.75) is 23.7 Å². The summed E-state index contributed by atoms with van der Waals surface area (Å²) in [5, 5.41) is 0. The van der Waals surface area contributed by atoms with Gasteiger partial charge in [0.05, 0.1) is 23.7 Å². The molecule has 0 amide bonds. The lowest BCUT2D eigenvalue weighted by atomic mass is 9.88. The van der Waals surface area contributed by atoms with E-state index in [1.807, 2.05) is 0 Å². The van der Waals surface area contributed by atoms with Crippen LogP contribution < -0.4 is 0 Å². The zero-order chi connectivity index (χ0) is 31.9. The summed E-state index contributed by atoms with van der Waals surface area (Å²) in [6, 6.07) is 57.1. The Labute approximate surface area is 280 Å². The number of fused-ring (bicyclic) bond motifs is 8. The summed E-state index contributed by atoms with van der Waals surface area (Å²) < 4.78 is 0. The summed E-state index contributed by atoms with van der Waals surface area (Å²) >= 11 is 0. The van der Waals surface area contributed by atoms with Gasteiger partial charge in [0.15, 0.2) is 0 Å². The van der Waals surface area contributed by atoms with Crippen LogP contribution in [0.15, 0.2) is 170 Å². The van der Waals surface area contributed by atoms with Crippen LogP contribution in [0.3, 0.4) is 0 Å². The third kappa shape index (κ3) is 5.03. The minimum atomic E-state index is 0.00955. The molecule has 4 N–H and O–H groups in total. The number of aromatic amines is 4. The predicted molar refractivity (Wildman–Crippen MR) is 193 cm³/mol. The molecule has 5 heterocycles. The quantitative estimate of drug-likeness (QED) is 0.151. The second-order valence-electron chi connectivity index (χ2n) is 12.9. The first-order valence-corrected chi connectivity index (χ1v) is 16.7. The molecule has 48 heavy (non-hydrogen) atoms. The zero-order valence-corrected chi connectivity index (χ0v) is 26.5. The Morgan fingerprint density at radius 3 is 0.896 bits per heavy atom. The van der Waals surface area contributed by atoms with Gasteiger partial charge in [0, 0.05) is 46.6 Å². The van der Waals surface area contributed by atoms with Gasteiger partial charge in [-0.15, -0.1) is 0 Å². The van der Waals surface area contributed by atoms with E-state index in [1.165, 1.54) is 44.8 Å². The van der Waals surface area contributed by atoms with Gasteiger partial charge in [0.1, 0.15) is 0 Å². The summed E-state index contributed by atoms with van der Waals surface area (Å²) in [6.07, 6.45) is 4.40. The van der Waals surface area contributed by atoms with Crippen molar-refractivity contribution in [1.82, 2.24) is 19.9 Å². The average Bonchev–Trinajstić information content (AvgIpc) is 3.98. The van der Waals surface area contributed by atoms with Crippen LogP contribution >= 0.6 is 0 Å². The van der Waals surface area contributed by atoms with E-state index in [9.17, 15) is 0 Å². The van der Waals surface area contributed by atoms with Gasteiger partial charge in [0.25, 0.3) is 0 Å². The summed E-state index contributed by atoms with van der Waals surface area (Å²) in [7, 11) is 0.